The van der Waals surface area contributed by atoms with Gasteiger partial charge in [0.2, 0.25) is 0 Å². The highest BCUT2D eigenvalue weighted by Gasteiger charge is 2.77. The minimum absolute atomic E-state index is 0.0403. The van der Waals surface area contributed by atoms with Crippen molar-refractivity contribution in [1.29, 1.82) is 0 Å². The maximum Gasteiger partial charge on any atom is 0.257 e. The second kappa shape index (κ2) is 7.20. The van der Waals surface area contributed by atoms with Crippen LogP contribution in [0.1, 0.15) is 49.8 Å². The first-order chi connectivity index (χ1) is 15.7. The molecule has 0 aromatic heterocycles. The van der Waals surface area contributed by atoms with Crippen molar-refractivity contribution in [2.45, 2.75) is 55.8 Å². The van der Waals surface area contributed by atoms with E-state index < -0.39 is 16.6 Å². The number of carbonyl (C=O) groups excluding carboxylic acids is 1. The maximum atomic E-state index is 13.0. The zero-order valence-electron chi connectivity index (χ0n) is 19.1. The molecule has 2 aromatic rings. The van der Waals surface area contributed by atoms with Crippen LogP contribution in [0.4, 0.5) is 5.69 Å². The molecule has 1 saturated heterocycles. The van der Waals surface area contributed by atoms with Gasteiger partial charge in [-0.15, -0.1) is 0 Å². The fraction of sp³-hybridized carbons (Fsp3) is 0.370. The molecule has 1 aliphatic carbocycles. The largest absolute Gasteiger partial charge is 0.508 e. The van der Waals surface area contributed by atoms with Crippen molar-refractivity contribution in [2.24, 2.45) is 0 Å². The van der Waals surface area contributed by atoms with Gasteiger partial charge in [-0.05, 0) is 56.5 Å². The number of methoxy groups -OCH3 is 1. The summed E-state index contributed by atoms with van der Waals surface area (Å²) in [6, 6.07) is 10.4. The van der Waals surface area contributed by atoms with Gasteiger partial charge < -0.3 is 25.0 Å². The number of phenolic OH excluding ortho intramolecular Hbond substituents is 2. The molecule has 3 aliphatic rings. The lowest BCUT2D eigenvalue weighted by Crippen LogP contribution is -2.43. The van der Waals surface area contributed by atoms with Crippen molar-refractivity contribution >= 4 is 17.7 Å². The number of fused-ring (bicyclic) bond motifs is 3. The molecule has 2 heterocycles. The topological polar surface area (TPSA) is 88.0 Å². The molecule has 172 valence electrons. The molecule has 5 rings (SSSR count). The van der Waals surface area contributed by atoms with Gasteiger partial charge in [-0.2, -0.15) is 0 Å². The Morgan fingerprint density at radius 1 is 1.24 bits per heavy atom. The number of phenols is 2. The van der Waals surface area contributed by atoms with Crippen LogP contribution in [0.2, 0.25) is 0 Å². The highest BCUT2D eigenvalue weighted by Crippen LogP contribution is 2.69. The summed E-state index contributed by atoms with van der Waals surface area (Å²) < 4.78 is 12.0. The molecule has 3 N–H and O–H groups in total. The smallest absolute Gasteiger partial charge is 0.257 e. The van der Waals surface area contributed by atoms with Crippen LogP contribution in [0.25, 0.3) is 6.08 Å². The van der Waals surface area contributed by atoms with E-state index in [1.165, 1.54) is 7.11 Å². The van der Waals surface area contributed by atoms with E-state index in [9.17, 15) is 15.0 Å². The Morgan fingerprint density at radius 3 is 2.61 bits per heavy atom. The molecule has 0 unspecified atom stereocenters. The van der Waals surface area contributed by atoms with E-state index in [0.29, 0.717) is 23.2 Å². The number of nitrogens with one attached hydrogen (secondary N) is 1. The van der Waals surface area contributed by atoms with Gasteiger partial charge in [0.25, 0.3) is 5.91 Å². The van der Waals surface area contributed by atoms with Crippen LogP contribution < -0.4 is 5.32 Å². The second-order valence-corrected chi connectivity index (χ2v) is 9.68. The van der Waals surface area contributed by atoms with Crippen LogP contribution in [0.3, 0.4) is 0 Å². The predicted molar refractivity (Wildman–Crippen MR) is 126 cm³/mol. The van der Waals surface area contributed by atoms with Crippen LogP contribution in [-0.4, -0.2) is 40.5 Å². The number of rotatable bonds is 5. The fourth-order valence-electron chi connectivity index (χ4n) is 5.56. The Bertz CT molecular complexity index is 1190. The number of aromatic hydroxyl groups is 2. The second-order valence-electron chi connectivity index (χ2n) is 9.68. The van der Waals surface area contributed by atoms with Gasteiger partial charge in [0.05, 0.1) is 17.1 Å². The van der Waals surface area contributed by atoms with Gasteiger partial charge in [-0.1, -0.05) is 36.4 Å². The monoisotopic (exact) mass is 447 g/mol. The number of hydrogen-bond acceptors (Lipinski definition) is 5. The number of benzene rings is 2. The van der Waals surface area contributed by atoms with Crippen LogP contribution in [0.5, 0.6) is 11.5 Å². The zero-order valence-corrected chi connectivity index (χ0v) is 19.1. The number of amides is 1. The van der Waals surface area contributed by atoms with E-state index in [4.69, 9.17) is 9.47 Å². The SMILES string of the molecule is C=C(C)[C@@H]1CC[C@](C)(/C=C/c2ccc3c(c2O)[C@]2(c4ccc(O)cc4)C[C@@]2(OC)C(=O)N3)O1. The molecule has 6 heteroatoms. The molecule has 0 bridgehead atoms. The fourth-order valence-corrected chi connectivity index (χ4v) is 5.56. The van der Waals surface area contributed by atoms with E-state index in [-0.39, 0.29) is 23.5 Å². The van der Waals surface area contributed by atoms with Gasteiger partial charge in [-0.3, -0.25) is 4.79 Å². The van der Waals surface area contributed by atoms with E-state index in [0.717, 1.165) is 24.0 Å². The third kappa shape index (κ3) is 3.05. The molecule has 2 aromatic carbocycles. The van der Waals surface area contributed by atoms with Crippen molar-refractivity contribution in [3.05, 3.63) is 71.3 Å². The lowest BCUT2D eigenvalue weighted by Gasteiger charge is -2.33. The van der Waals surface area contributed by atoms with Crippen molar-refractivity contribution in [1.82, 2.24) is 0 Å². The molecule has 1 amide bonds. The number of carbonyl (C=O) groups is 1. The lowest BCUT2D eigenvalue weighted by molar-refractivity contribution is -0.129. The summed E-state index contributed by atoms with van der Waals surface area (Å²) in [6.07, 6.45) is 6.10. The molecular formula is C27H29NO5. The van der Waals surface area contributed by atoms with E-state index in [2.05, 4.69) is 11.9 Å². The first-order valence-corrected chi connectivity index (χ1v) is 11.2. The molecule has 6 nitrogen and oxygen atoms in total. The Balaban J connectivity index is 1.58. The highest BCUT2D eigenvalue weighted by atomic mass is 16.5. The van der Waals surface area contributed by atoms with Gasteiger partial charge in [0, 0.05) is 30.3 Å². The van der Waals surface area contributed by atoms with Crippen molar-refractivity contribution in [3.63, 3.8) is 0 Å². The Labute approximate surface area is 193 Å². The molecule has 2 fully saturated rings. The third-order valence-corrected chi connectivity index (χ3v) is 7.52. The van der Waals surface area contributed by atoms with Crippen molar-refractivity contribution in [2.75, 3.05) is 12.4 Å². The van der Waals surface area contributed by atoms with Crippen molar-refractivity contribution in [3.8, 4) is 11.5 Å². The Kier molecular flexibility index (Phi) is 4.75. The van der Waals surface area contributed by atoms with Crippen LogP contribution in [0, 0.1) is 0 Å². The van der Waals surface area contributed by atoms with Gasteiger partial charge in [0.1, 0.15) is 11.5 Å². The minimum Gasteiger partial charge on any atom is -0.508 e. The standard InChI is InChI=1S/C27H29NO5/c1-16(2)21-12-14-25(3,33-21)13-11-17-5-10-20-22(23(17)30)26(18-6-8-19(29)9-7-18)15-27(26,32-4)24(31)28-20/h5-11,13,21,29-30H,1,12,14-15H2,2-4H3,(H,28,31)/b13-11+/t21-,25-,26+,27+/m0/s1. The van der Waals surface area contributed by atoms with Gasteiger partial charge in [-0.25, -0.2) is 0 Å². The Hall–Kier alpha value is -3.09. The number of anilines is 1. The van der Waals surface area contributed by atoms with Gasteiger partial charge in [0.15, 0.2) is 5.60 Å². The maximum absolute atomic E-state index is 13.0. The molecule has 0 radical (unpaired) electrons. The molecule has 4 atom stereocenters. The first-order valence-electron chi connectivity index (χ1n) is 11.2. The highest BCUT2D eigenvalue weighted by molar-refractivity contribution is 6.08. The minimum atomic E-state index is -1.11. The summed E-state index contributed by atoms with van der Waals surface area (Å²) in [7, 11) is 1.52. The van der Waals surface area contributed by atoms with E-state index in [1.807, 2.05) is 32.1 Å². The quantitative estimate of drug-likeness (QED) is 0.581. The summed E-state index contributed by atoms with van der Waals surface area (Å²) in [4.78, 5) is 13.0. The number of ether oxygens (including phenoxy) is 2. The lowest BCUT2D eigenvalue weighted by atomic mass is 9.79. The summed E-state index contributed by atoms with van der Waals surface area (Å²) in [6.45, 7) is 8.02. The summed E-state index contributed by atoms with van der Waals surface area (Å²) in [5.41, 5.74) is 1.29. The normalized spacial score (nSPS) is 32.3. The summed E-state index contributed by atoms with van der Waals surface area (Å²) in [5, 5.41) is 24.1. The van der Waals surface area contributed by atoms with Crippen LogP contribution in [0.15, 0.2) is 54.6 Å². The van der Waals surface area contributed by atoms with Crippen LogP contribution in [-0.2, 0) is 19.7 Å². The number of hydrogen-bond donors (Lipinski definition) is 3. The average Bonchev–Trinajstić information content (AvgIpc) is 3.34. The molecule has 2 aliphatic heterocycles. The van der Waals surface area contributed by atoms with Crippen LogP contribution >= 0.6 is 0 Å². The van der Waals surface area contributed by atoms with E-state index in [1.54, 1.807) is 30.3 Å². The third-order valence-electron chi connectivity index (χ3n) is 7.52. The summed E-state index contributed by atoms with van der Waals surface area (Å²) >= 11 is 0. The molecule has 1 saturated carbocycles. The molecule has 0 spiro atoms. The first kappa shape index (κ1) is 21.7. The zero-order chi connectivity index (χ0) is 23.6. The van der Waals surface area contributed by atoms with E-state index >= 15 is 0 Å². The van der Waals surface area contributed by atoms with Crippen molar-refractivity contribution < 1.29 is 24.5 Å². The summed E-state index contributed by atoms with van der Waals surface area (Å²) in [5.74, 6) is 0.0119. The molecule has 33 heavy (non-hydrogen) atoms. The Morgan fingerprint density at radius 2 is 1.97 bits per heavy atom. The molecular weight excluding hydrogens is 418 g/mol. The van der Waals surface area contributed by atoms with Gasteiger partial charge >= 0.3 is 0 Å². The average molecular weight is 448 g/mol. The predicted octanol–water partition coefficient (Wildman–Crippen LogP) is 4.65.